The van der Waals surface area contributed by atoms with E-state index in [0.717, 1.165) is 25.9 Å². The van der Waals surface area contributed by atoms with Crippen molar-refractivity contribution in [2.75, 3.05) is 19.0 Å². The topological polar surface area (TPSA) is 20.3 Å². The van der Waals surface area contributed by atoms with E-state index >= 15 is 0 Å². The van der Waals surface area contributed by atoms with Crippen molar-refractivity contribution in [3.05, 3.63) is 0 Å². The van der Waals surface area contributed by atoms with Gasteiger partial charge in [-0.3, -0.25) is 4.79 Å². The Balaban J connectivity index is 0.000000561. The predicted molar refractivity (Wildman–Crippen MR) is 52.5 cm³/mol. The molecule has 1 aliphatic rings. The highest BCUT2D eigenvalue weighted by atomic mass is 35.5. The summed E-state index contributed by atoms with van der Waals surface area (Å²) in [6, 6.07) is 0. The Hall–Kier alpha value is -0.240. The third-order valence-electron chi connectivity index (χ3n) is 1.82. The molecule has 1 heterocycles. The molecule has 12 heavy (non-hydrogen) atoms. The summed E-state index contributed by atoms with van der Waals surface area (Å²) in [6.07, 6.45) is 3.54. The monoisotopic (exact) mass is 191 g/mol. The summed E-state index contributed by atoms with van der Waals surface area (Å²) in [5.74, 6) is 0.223. The summed E-state index contributed by atoms with van der Waals surface area (Å²) in [5, 5.41) is 0. The van der Waals surface area contributed by atoms with Crippen LogP contribution in [0.25, 0.3) is 0 Å². The van der Waals surface area contributed by atoms with Crippen LogP contribution in [0.3, 0.4) is 0 Å². The first-order valence-corrected chi connectivity index (χ1v) is 5.22. The predicted octanol–water partition coefficient (Wildman–Crippen LogP) is 2.26. The van der Waals surface area contributed by atoms with Crippen LogP contribution in [0.4, 0.5) is 0 Å². The maximum atomic E-state index is 11.0. The number of rotatable bonds is 1. The molecule has 1 aliphatic heterocycles. The Morgan fingerprint density at radius 2 is 1.75 bits per heavy atom. The second kappa shape index (κ2) is 7.41. The molecule has 0 aromatic heterocycles. The number of halogens is 1. The van der Waals surface area contributed by atoms with Crippen LogP contribution in [0.2, 0.25) is 0 Å². The fraction of sp³-hybridized carbons (Fsp3) is 0.889. The second-order valence-corrected chi connectivity index (χ2v) is 2.84. The molecule has 0 aromatic carbocycles. The molecule has 1 amide bonds. The number of hydrogen-bond acceptors (Lipinski definition) is 1. The maximum absolute atomic E-state index is 11.0. The van der Waals surface area contributed by atoms with Crippen molar-refractivity contribution >= 4 is 17.5 Å². The molecule has 0 atom stereocenters. The molecule has 0 aliphatic carbocycles. The van der Waals surface area contributed by atoms with E-state index in [1.54, 1.807) is 0 Å². The summed E-state index contributed by atoms with van der Waals surface area (Å²) in [5.41, 5.74) is 0. The van der Waals surface area contributed by atoms with Crippen LogP contribution in [0.1, 0.15) is 33.1 Å². The van der Waals surface area contributed by atoms with Gasteiger partial charge in [0.1, 0.15) is 5.88 Å². The molecular formula is C9H18ClNO. The summed E-state index contributed by atoms with van der Waals surface area (Å²) in [6.45, 7) is 5.82. The summed E-state index contributed by atoms with van der Waals surface area (Å²) < 4.78 is 0. The van der Waals surface area contributed by atoms with E-state index in [0.29, 0.717) is 0 Å². The number of alkyl halides is 1. The van der Waals surface area contributed by atoms with Crippen LogP contribution >= 0.6 is 11.6 Å². The highest BCUT2D eigenvalue weighted by Gasteiger charge is 2.14. The van der Waals surface area contributed by atoms with Gasteiger partial charge in [0, 0.05) is 13.1 Å². The number of piperidine rings is 1. The number of hydrogen-bond donors (Lipinski definition) is 0. The second-order valence-electron chi connectivity index (χ2n) is 2.58. The van der Waals surface area contributed by atoms with Gasteiger partial charge in [0.25, 0.3) is 0 Å². The number of likely N-dealkylation sites (tertiary alicyclic amines) is 1. The lowest BCUT2D eigenvalue weighted by molar-refractivity contribution is -0.129. The summed E-state index contributed by atoms with van der Waals surface area (Å²) in [7, 11) is 0. The molecule has 0 unspecified atom stereocenters. The highest BCUT2D eigenvalue weighted by Crippen LogP contribution is 2.08. The SMILES string of the molecule is CC.O=C(CCl)N1CCCCC1. The third kappa shape index (κ3) is 3.96. The molecule has 1 saturated heterocycles. The van der Waals surface area contributed by atoms with Crippen molar-refractivity contribution < 1.29 is 4.79 Å². The average molecular weight is 192 g/mol. The Bertz CT molecular complexity index is 122. The van der Waals surface area contributed by atoms with E-state index in [-0.39, 0.29) is 11.8 Å². The first-order chi connectivity index (χ1) is 5.84. The normalized spacial score (nSPS) is 16.4. The minimum Gasteiger partial charge on any atom is -0.342 e. The molecule has 0 radical (unpaired) electrons. The third-order valence-corrected chi connectivity index (χ3v) is 2.05. The number of carbonyl (C=O) groups excluding carboxylic acids is 1. The van der Waals surface area contributed by atoms with Gasteiger partial charge in [-0.1, -0.05) is 13.8 Å². The Kier molecular flexibility index (Phi) is 7.26. The van der Waals surface area contributed by atoms with Gasteiger partial charge in [-0.2, -0.15) is 0 Å². The van der Waals surface area contributed by atoms with Crippen LogP contribution < -0.4 is 0 Å². The first-order valence-electron chi connectivity index (χ1n) is 4.68. The Labute approximate surface area is 79.9 Å². The minimum absolute atomic E-state index is 0.0846. The van der Waals surface area contributed by atoms with Crippen molar-refractivity contribution in [2.45, 2.75) is 33.1 Å². The van der Waals surface area contributed by atoms with Crippen molar-refractivity contribution in [1.82, 2.24) is 4.90 Å². The summed E-state index contributed by atoms with van der Waals surface area (Å²) >= 11 is 5.39. The Morgan fingerprint density at radius 3 is 2.17 bits per heavy atom. The van der Waals surface area contributed by atoms with E-state index in [4.69, 9.17) is 11.6 Å². The van der Waals surface area contributed by atoms with Gasteiger partial charge in [-0.05, 0) is 19.3 Å². The zero-order chi connectivity index (χ0) is 9.40. The molecule has 0 bridgehead atoms. The van der Waals surface area contributed by atoms with Crippen LogP contribution in [-0.2, 0) is 4.79 Å². The molecule has 0 N–H and O–H groups in total. The van der Waals surface area contributed by atoms with Gasteiger partial charge in [0.15, 0.2) is 0 Å². The summed E-state index contributed by atoms with van der Waals surface area (Å²) in [4.78, 5) is 12.8. The van der Waals surface area contributed by atoms with Gasteiger partial charge in [0.05, 0.1) is 0 Å². The standard InChI is InChI=1S/C7H12ClNO.C2H6/c8-6-7(10)9-4-2-1-3-5-9;1-2/h1-6H2;1-2H3. The van der Waals surface area contributed by atoms with Gasteiger partial charge < -0.3 is 4.90 Å². The zero-order valence-electron chi connectivity index (χ0n) is 7.98. The average Bonchev–Trinajstić information content (AvgIpc) is 2.21. The van der Waals surface area contributed by atoms with Crippen LogP contribution in [-0.4, -0.2) is 29.8 Å². The molecule has 0 spiro atoms. The maximum Gasteiger partial charge on any atom is 0.237 e. The van der Waals surface area contributed by atoms with Crippen LogP contribution in [0.5, 0.6) is 0 Å². The van der Waals surface area contributed by atoms with Crippen molar-refractivity contribution in [2.24, 2.45) is 0 Å². The van der Waals surface area contributed by atoms with Gasteiger partial charge in [-0.15, -0.1) is 11.6 Å². The highest BCUT2D eigenvalue weighted by molar-refractivity contribution is 6.27. The fourth-order valence-electron chi connectivity index (χ4n) is 1.23. The quantitative estimate of drug-likeness (QED) is 0.583. The molecular weight excluding hydrogens is 174 g/mol. The molecule has 0 aromatic rings. The molecule has 2 nitrogen and oxygen atoms in total. The largest absolute Gasteiger partial charge is 0.342 e. The van der Waals surface area contributed by atoms with Crippen molar-refractivity contribution in [3.8, 4) is 0 Å². The van der Waals surface area contributed by atoms with E-state index in [1.807, 2.05) is 18.7 Å². The van der Waals surface area contributed by atoms with Gasteiger partial charge in [0.2, 0.25) is 5.91 Å². The van der Waals surface area contributed by atoms with E-state index in [1.165, 1.54) is 6.42 Å². The van der Waals surface area contributed by atoms with Crippen molar-refractivity contribution in [3.63, 3.8) is 0 Å². The smallest absolute Gasteiger partial charge is 0.237 e. The lowest BCUT2D eigenvalue weighted by Crippen LogP contribution is -2.36. The number of amides is 1. The minimum atomic E-state index is 0.0846. The molecule has 72 valence electrons. The first kappa shape index (κ1) is 11.8. The number of carbonyl (C=O) groups is 1. The lowest BCUT2D eigenvalue weighted by atomic mass is 10.1. The Morgan fingerprint density at radius 1 is 1.25 bits per heavy atom. The molecule has 1 fully saturated rings. The molecule has 3 heteroatoms. The van der Waals surface area contributed by atoms with Gasteiger partial charge >= 0.3 is 0 Å². The lowest BCUT2D eigenvalue weighted by Gasteiger charge is -2.25. The van der Waals surface area contributed by atoms with Crippen LogP contribution in [0.15, 0.2) is 0 Å². The molecule has 0 saturated carbocycles. The fourth-order valence-corrected chi connectivity index (χ4v) is 1.40. The number of nitrogens with zero attached hydrogens (tertiary/aromatic N) is 1. The van der Waals surface area contributed by atoms with Gasteiger partial charge in [-0.25, -0.2) is 0 Å². The molecule has 1 rings (SSSR count). The van der Waals surface area contributed by atoms with Crippen LogP contribution in [0, 0.1) is 0 Å². The van der Waals surface area contributed by atoms with E-state index in [2.05, 4.69) is 0 Å². The van der Waals surface area contributed by atoms with Crippen molar-refractivity contribution in [1.29, 1.82) is 0 Å². The van der Waals surface area contributed by atoms with E-state index < -0.39 is 0 Å². The van der Waals surface area contributed by atoms with E-state index in [9.17, 15) is 4.79 Å². The zero-order valence-corrected chi connectivity index (χ0v) is 8.73.